The van der Waals surface area contributed by atoms with Gasteiger partial charge in [-0.25, -0.2) is 4.79 Å². The number of hydrogen-bond acceptors (Lipinski definition) is 6. The molecule has 1 aromatic rings. The van der Waals surface area contributed by atoms with Crippen molar-refractivity contribution in [1.29, 1.82) is 0 Å². The highest BCUT2D eigenvalue weighted by atomic mass is 16.5. The molecule has 1 heterocycles. The van der Waals surface area contributed by atoms with Crippen molar-refractivity contribution in [2.75, 3.05) is 19.0 Å². The summed E-state index contributed by atoms with van der Waals surface area (Å²) in [5.41, 5.74) is 0.0679. The minimum atomic E-state index is -1.01. The molecule has 0 fully saturated rings. The second-order valence-corrected chi connectivity index (χ2v) is 2.54. The number of esters is 1. The van der Waals surface area contributed by atoms with E-state index in [2.05, 4.69) is 20.3 Å². The molecule has 0 spiro atoms. The van der Waals surface area contributed by atoms with Gasteiger partial charge in [-0.05, 0) is 12.1 Å². The van der Waals surface area contributed by atoms with Crippen molar-refractivity contribution in [2.45, 2.75) is 0 Å². The van der Waals surface area contributed by atoms with Gasteiger partial charge in [0.1, 0.15) is 12.4 Å². The Labute approximate surface area is 85.1 Å². The smallest absolute Gasteiger partial charge is 0.358 e. The summed E-state index contributed by atoms with van der Waals surface area (Å²) in [6.45, 7) is -0.258. The third kappa shape index (κ3) is 3.22. The average molecular weight is 211 g/mol. The number of nitrogens with one attached hydrogen (secondary N) is 1. The molecule has 0 bridgehead atoms. The SMILES string of the molecule is COC(=O)c1ccc(NCC(=O)O)nn1. The van der Waals surface area contributed by atoms with Gasteiger partial charge < -0.3 is 15.2 Å². The van der Waals surface area contributed by atoms with E-state index in [1.165, 1.54) is 19.2 Å². The molecule has 1 rings (SSSR count). The first-order valence-electron chi connectivity index (χ1n) is 4.01. The lowest BCUT2D eigenvalue weighted by molar-refractivity contribution is -0.134. The van der Waals surface area contributed by atoms with Crippen LogP contribution < -0.4 is 5.32 Å². The molecule has 7 heteroatoms. The van der Waals surface area contributed by atoms with Gasteiger partial charge in [-0.15, -0.1) is 10.2 Å². The third-order valence-corrected chi connectivity index (χ3v) is 1.48. The maximum atomic E-state index is 11.0. The zero-order valence-electron chi connectivity index (χ0n) is 7.93. The topological polar surface area (TPSA) is 101 Å². The Bertz CT molecular complexity index is 363. The number of hydrogen-bond donors (Lipinski definition) is 2. The minimum absolute atomic E-state index is 0.0679. The normalized spacial score (nSPS) is 9.40. The number of methoxy groups -OCH3 is 1. The summed E-state index contributed by atoms with van der Waals surface area (Å²) >= 11 is 0. The van der Waals surface area contributed by atoms with Crippen LogP contribution in [0.2, 0.25) is 0 Å². The molecule has 0 saturated carbocycles. The molecule has 0 saturated heterocycles. The number of carboxylic acids is 1. The first-order valence-corrected chi connectivity index (χ1v) is 4.01. The zero-order valence-corrected chi connectivity index (χ0v) is 7.93. The van der Waals surface area contributed by atoms with Crippen LogP contribution in [0.1, 0.15) is 10.5 Å². The lowest BCUT2D eigenvalue weighted by atomic mass is 10.4. The van der Waals surface area contributed by atoms with Gasteiger partial charge in [0.25, 0.3) is 0 Å². The number of anilines is 1. The molecule has 0 aromatic carbocycles. The van der Waals surface area contributed by atoms with Gasteiger partial charge in [0.15, 0.2) is 5.69 Å². The number of ether oxygens (including phenoxy) is 1. The Morgan fingerprint density at radius 2 is 2.20 bits per heavy atom. The van der Waals surface area contributed by atoms with Crippen molar-refractivity contribution in [2.24, 2.45) is 0 Å². The van der Waals surface area contributed by atoms with E-state index >= 15 is 0 Å². The van der Waals surface area contributed by atoms with Gasteiger partial charge in [-0.3, -0.25) is 4.79 Å². The van der Waals surface area contributed by atoms with Crippen molar-refractivity contribution in [3.8, 4) is 0 Å². The molecule has 7 nitrogen and oxygen atoms in total. The van der Waals surface area contributed by atoms with Crippen LogP contribution in [0.25, 0.3) is 0 Å². The quantitative estimate of drug-likeness (QED) is 0.662. The Hall–Kier alpha value is -2.18. The van der Waals surface area contributed by atoms with Crippen molar-refractivity contribution in [3.63, 3.8) is 0 Å². The Kier molecular flexibility index (Phi) is 3.55. The molecule has 0 aliphatic rings. The van der Waals surface area contributed by atoms with E-state index in [9.17, 15) is 9.59 Å². The van der Waals surface area contributed by atoms with Crippen LogP contribution in [0.15, 0.2) is 12.1 Å². The predicted octanol–water partition coefficient (Wildman–Crippen LogP) is -0.240. The maximum absolute atomic E-state index is 11.0. The standard InChI is InChI=1S/C8H9N3O4/c1-15-8(14)5-2-3-6(11-10-5)9-4-7(12)13/h2-3H,4H2,1H3,(H,9,11)(H,12,13). The first kappa shape index (κ1) is 10.9. The molecule has 0 unspecified atom stereocenters. The molecule has 0 radical (unpaired) electrons. The van der Waals surface area contributed by atoms with Crippen LogP contribution in [0.5, 0.6) is 0 Å². The highest BCUT2D eigenvalue weighted by Gasteiger charge is 2.07. The summed E-state index contributed by atoms with van der Waals surface area (Å²) in [7, 11) is 1.24. The molecule has 15 heavy (non-hydrogen) atoms. The molecule has 0 aliphatic heterocycles. The van der Waals surface area contributed by atoms with E-state index in [1.54, 1.807) is 0 Å². The molecule has 2 N–H and O–H groups in total. The summed E-state index contributed by atoms with van der Waals surface area (Å²) < 4.78 is 4.42. The predicted molar refractivity (Wildman–Crippen MR) is 49.5 cm³/mol. The summed E-state index contributed by atoms with van der Waals surface area (Å²) in [5.74, 6) is -1.31. The second kappa shape index (κ2) is 4.89. The van der Waals surface area contributed by atoms with Crippen molar-refractivity contribution in [3.05, 3.63) is 17.8 Å². The van der Waals surface area contributed by atoms with Gasteiger partial charge in [-0.1, -0.05) is 0 Å². The van der Waals surface area contributed by atoms with Gasteiger partial charge in [-0.2, -0.15) is 0 Å². The Morgan fingerprint density at radius 1 is 1.47 bits per heavy atom. The molecule has 0 aliphatic carbocycles. The van der Waals surface area contributed by atoms with Crippen LogP contribution in [0, 0.1) is 0 Å². The van der Waals surface area contributed by atoms with E-state index in [1.807, 2.05) is 0 Å². The van der Waals surface area contributed by atoms with Gasteiger partial charge >= 0.3 is 11.9 Å². The number of carbonyl (C=O) groups excluding carboxylic acids is 1. The number of nitrogens with zero attached hydrogens (tertiary/aromatic N) is 2. The van der Waals surface area contributed by atoms with E-state index < -0.39 is 11.9 Å². The van der Waals surface area contributed by atoms with E-state index in [4.69, 9.17) is 5.11 Å². The van der Waals surface area contributed by atoms with Crippen LogP contribution in [0.3, 0.4) is 0 Å². The number of carbonyl (C=O) groups is 2. The second-order valence-electron chi connectivity index (χ2n) is 2.54. The van der Waals surface area contributed by atoms with Gasteiger partial charge in [0.05, 0.1) is 7.11 Å². The zero-order chi connectivity index (χ0) is 11.3. The number of aromatic nitrogens is 2. The summed E-state index contributed by atoms with van der Waals surface area (Å²) in [5, 5.41) is 18.0. The Balaban J connectivity index is 2.64. The van der Waals surface area contributed by atoms with Crippen LogP contribution in [-0.4, -0.2) is 40.9 Å². The molecule has 1 aromatic heterocycles. The summed E-state index contributed by atoms with van der Waals surface area (Å²) in [6.07, 6.45) is 0. The monoisotopic (exact) mass is 211 g/mol. The van der Waals surface area contributed by atoms with Crippen LogP contribution >= 0.6 is 0 Å². The summed E-state index contributed by atoms with van der Waals surface area (Å²) in [6, 6.07) is 2.84. The molecule has 0 amide bonds. The molecular formula is C8H9N3O4. The highest BCUT2D eigenvalue weighted by molar-refractivity contribution is 5.87. The van der Waals surface area contributed by atoms with E-state index in [0.29, 0.717) is 0 Å². The third-order valence-electron chi connectivity index (χ3n) is 1.48. The number of aliphatic carboxylic acids is 1. The van der Waals surface area contributed by atoms with E-state index in [0.717, 1.165) is 0 Å². The fraction of sp³-hybridized carbons (Fsp3) is 0.250. The summed E-state index contributed by atoms with van der Waals surface area (Å²) in [4.78, 5) is 21.2. The average Bonchev–Trinajstić information content (AvgIpc) is 2.26. The minimum Gasteiger partial charge on any atom is -0.480 e. The number of carboxylic acid groups (broad SMARTS) is 1. The molecule has 0 atom stereocenters. The van der Waals surface area contributed by atoms with Crippen LogP contribution in [-0.2, 0) is 9.53 Å². The van der Waals surface area contributed by atoms with Crippen LogP contribution in [0.4, 0.5) is 5.82 Å². The maximum Gasteiger partial charge on any atom is 0.358 e. The van der Waals surface area contributed by atoms with Gasteiger partial charge in [0.2, 0.25) is 0 Å². The van der Waals surface area contributed by atoms with Crippen molar-refractivity contribution < 1.29 is 19.4 Å². The molecule has 80 valence electrons. The Morgan fingerprint density at radius 3 is 2.67 bits per heavy atom. The fourth-order valence-corrected chi connectivity index (χ4v) is 0.806. The first-order chi connectivity index (χ1) is 7.13. The lowest BCUT2D eigenvalue weighted by Crippen LogP contribution is -2.14. The molecular weight excluding hydrogens is 202 g/mol. The number of rotatable bonds is 4. The fourth-order valence-electron chi connectivity index (χ4n) is 0.806. The van der Waals surface area contributed by atoms with Crippen molar-refractivity contribution in [1.82, 2.24) is 10.2 Å². The van der Waals surface area contributed by atoms with Crippen molar-refractivity contribution >= 4 is 17.8 Å². The lowest BCUT2D eigenvalue weighted by Gasteiger charge is -2.01. The largest absolute Gasteiger partial charge is 0.480 e. The van der Waals surface area contributed by atoms with Gasteiger partial charge in [0, 0.05) is 0 Å². The highest BCUT2D eigenvalue weighted by Crippen LogP contribution is 2.02. The van der Waals surface area contributed by atoms with E-state index in [-0.39, 0.29) is 18.1 Å².